The first-order chi connectivity index (χ1) is 17.6. The van der Waals surface area contributed by atoms with Crippen molar-refractivity contribution in [1.82, 2.24) is 14.9 Å². The van der Waals surface area contributed by atoms with E-state index >= 15 is 0 Å². The van der Waals surface area contributed by atoms with Gasteiger partial charge < -0.3 is 15.3 Å². The molecule has 1 aliphatic heterocycles. The maximum Gasteiger partial charge on any atom is 0.420 e. The second kappa shape index (κ2) is 9.22. The Morgan fingerprint density at radius 3 is 2.34 bits per heavy atom. The van der Waals surface area contributed by atoms with Gasteiger partial charge >= 0.3 is 12.4 Å². The van der Waals surface area contributed by atoms with Crippen LogP contribution in [0.1, 0.15) is 23.7 Å². The van der Waals surface area contributed by atoms with Gasteiger partial charge in [0.2, 0.25) is 5.43 Å². The highest BCUT2D eigenvalue weighted by molar-refractivity contribution is 5.97. The third-order valence-electron chi connectivity index (χ3n) is 6.12. The van der Waals surface area contributed by atoms with Gasteiger partial charge in [0.05, 0.1) is 24.2 Å². The summed E-state index contributed by atoms with van der Waals surface area (Å²) in [5, 5.41) is 11.0. The van der Waals surface area contributed by atoms with Crippen molar-refractivity contribution in [3.8, 4) is 5.69 Å². The van der Waals surface area contributed by atoms with Gasteiger partial charge in [-0.25, -0.2) is 13.8 Å². The summed E-state index contributed by atoms with van der Waals surface area (Å²) in [6, 6.07) is 2.10. The van der Waals surface area contributed by atoms with Crippen LogP contribution in [-0.4, -0.2) is 57.6 Å². The van der Waals surface area contributed by atoms with E-state index in [1.807, 2.05) is 0 Å². The Morgan fingerprint density at radius 2 is 1.79 bits per heavy atom. The number of aromatic nitrogens is 2. The largest absolute Gasteiger partial charge is 0.420 e. The van der Waals surface area contributed by atoms with Gasteiger partial charge in [-0.1, -0.05) is 6.92 Å². The minimum Gasteiger partial charge on any atom is -0.378 e. The Labute approximate surface area is 208 Å². The lowest BCUT2D eigenvalue weighted by molar-refractivity contribution is -0.267. The van der Waals surface area contributed by atoms with E-state index in [1.165, 1.54) is 0 Å². The Balaban J connectivity index is 1.86. The van der Waals surface area contributed by atoms with Crippen molar-refractivity contribution in [2.45, 2.75) is 37.3 Å². The van der Waals surface area contributed by atoms with Gasteiger partial charge in [-0.3, -0.25) is 14.2 Å². The van der Waals surface area contributed by atoms with Crippen LogP contribution in [0.25, 0.3) is 16.7 Å². The molecule has 1 unspecified atom stereocenters. The lowest BCUT2D eigenvalue weighted by Gasteiger charge is -2.47. The van der Waals surface area contributed by atoms with Crippen LogP contribution in [0.3, 0.4) is 0 Å². The number of halogens is 8. The number of hydrogen-bond donors (Lipinski definition) is 2. The Morgan fingerprint density at radius 1 is 1.13 bits per heavy atom. The number of benzene rings is 1. The first-order valence-electron chi connectivity index (χ1n) is 11.0. The molecular formula is C23H18F8N4O3. The van der Waals surface area contributed by atoms with Gasteiger partial charge in [0.25, 0.3) is 5.91 Å². The van der Waals surface area contributed by atoms with Gasteiger partial charge in [0.15, 0.2) is 11.2 Å². The van der Waals surface area contributed by atoms with E-state index in [0.717, 1.165) is 46.9 Å². The number of carbonyl (C=O) groups excluding carboxylic acids is 1. The van der Waals surface area contributed by atoms with Crippen molar-refractivity contribution in [2.24, 2.45) is 0 Å². The number of amides is 1. The number of carbonyl (C=O) groups is 1. The highest BCUT2D eigenvalue weighted by atomic mass is 19.4. The molecule has 3 aromatic rings. The maximum absolute atomic E-state index is 14.7. The number of fused-ring (bicyclic) bond motifs is 1. The van der Waals surface area contributed by atoms with Gasteiger partial charge in [0, 0.05) is 12.3 Å². The number of nitrogens with one attached hydrogen (secondary N) is 1. The first-order valence-corrected chi connectivity index (χ1v) is 11.0. The molecule has 15 heteroatoms. The predicted molar refractivity (Wildman–Crippen MR) is 118 cm³/mol. The number of rotatable bonds is 5. The van der Waals surface area contributed by atoms with E-state index in [0.29, 0.717) is 6.07 Å². The van der Waals surface area contributed by atoms with Crippen molar-refractivity contribution < 1.29 is 45.0 Å². The Kier molecular flexibility index (Phi) is 6.62. The molecule has 204 valence electrons. The fourth-order valence-electron chi connectivity index (χ4n) is 3.97. The zero-order valence-electron chi connectivity index (χ0n) is 19.3. The van der Waals surface area contributed by atoms with Gasteiger partial charge in [-0.05, 0) is 30.7 Å². The molecule has 0 spiro atoms. The van der Waals surface area contributed by atoms with Crippen LogP contribution in [0.15, 0.2) is 41.3 Å². The molecule has 4 rings (SSSR count). The topological polar surface area (TPSA) is 87.5 Å². The molecule has 38 heavy (non-hydrogen) atoms. The van der Waals surface area contributed by atoms with Crippen molar-refractivity contribution in [3.05, 3.63) is 63.9 Å². The van der Waals surface area contributed by atoms with Crippen LogP contribution >= 0.6 is 0 Å². The molecule has 1 atom stereocenters. The lowest BCUT2D eigenvalue weighted by atomic mass is 9.93. The summed E-state index contributed by atoms with van der Waals surface area (Å²) in [6.45, 7) is -0.618. The Bertz CT molecular complexity index is 1460. The van der Waals surface area contributed by atoms with E-state index in [9.17, 15) is 49.8 Å². The molecule has 0 radical (unpaired) electrons. The molecule has 0 bridgehead atoms. The predicted octanol–water partition coefficient (Wildman–Crippen LogP) is 3.85. The van der Waals surface area contributed by atoms with E-state index in [2.05, 4.69) is 4.98 Å². The van der Waals surface area contributed by atoms with Crippen molar-refractivity contribution in [3.63, 3.8) is 0 Å². The van der Waals surface area contributed by atoms with Gasteiger partial charge in [0.1, 0.15) is 29.1 Å². The number of alkyl halides is 6. The van der Waals surface area contributed by atoms with Crippen molar-refractivity contribution >= 4 is 22.8 Å². The standard InChI is InChI=1S/C23H18F8N4O3/c1-2-16(22(26,27)28)32-20(37)13-8-35(15-5-3-11(24)7-14(15)25)19-12(18(13)36)4-6-17(33-19)34-9-21(38,10-34)23(29,30)31/h3-8,16,38H,2,9-10H2,1H3,(H,32,37). The fraction of sp³-hybridized carbons (Fsp3) is 0.348. The number of hydrogen-bond acceptors (Lipinski definition) is 5. The number of β-amino-alcohol motifs (C(OH)–C–C–N with tert-alkyl or cyclic N) is 1. The summed E-state index contributed by atoms with van der Waals surface area (Å²) in [6.07, 6.45) is -9.57. The number of nitrogens with zero attached hydrogens (tertiary/aromatic N) is 3. The van der Waals surface area contributed by atoms with Crippen LogP contribution < -0.4 is 15.6 Å². The highest BCUT2D eigenvalue weighted by Gasteiger charge is 2.61. The minimum absolute atomic E-state index is 0.151. The SMILES string of the molecule is CCC(NC(=O)c1cn(-c2ccc(F)cc2F)c2nc(N3CC(O)(C(F)(F)F)C3)ccc2c1=O)C(F)(F)F. The summed E-state index contributed by atoms with van der Waals surface area (Å²) in [5.74, 6) is -3.74. The fourth-order valence-corrected chi connectivity index (χ4v) is 3.97. The third-order valence-corrected chi connectivity index (χ3v) is 6.12. The van der Waals surface area contributed by atoms with E-state index in [4.69, 9.17) is 0 Å². The highest BCUT2D eigenvalue weighted by Crippen LogP contribution is 2.39. The number of aliphatic hydroxyl groups is 1. The molecule has 2 N–H and O–H groups in total. The normalized spacial score (nSPS) is 16.3. The average Bonchev–Trinajstić information content (AvgIpc) is 2.79. The zero-order valence-corrected chi connectivity index (χ0v) is 19.3. The van der Waals surface area contributed by atoms with Crippen LogP contribution in [0.4, 0.5) is 40.9 Å². The monoisotopic (exact) mass is 550 g/mol. The zero-order chi connectivity index (χ0) is 28.2. The second-order valence-electron chi connectivity index (χ2n) is 8.74. The summed E-state index contributed by atoms with van der Waals surface area (Å²) in [5.41, 5.74) is -5.72. The molecule has 7 nitrogen and oxygen atoms in total. The molecule has 0 saturated carbocycles. The summed E-state index contributed by atoms with van der Waals surface area (Å²) in [4.78, 5) is 30.9. The van der Waals surface area contributed by atoms with Crippen LogP contribution in [-0.2, 0) is 0 Å². The van der Waals surface area contributed by atoms with Crippen molar-refractivity contribution in [2.75, 3.05) is 18.0 Å². The smallest absolute Gasteiger partial charge is 0.378 e. The van der Waals surface area contributed by atoms with E-state index < -0.39 is 77.7 Å². The second-order valence-corrected chi connectivity index (χ2v) is 8.74. The summed E-state index contributed by atoms with van der Waals surface area (Å²) in [7, 11) is 0. The molecule has 1 aliphatic rings. The summed E-state index contributed by atoms with van der Waals surface area (Å²) < 4.78 is 108. The molecule has 1 amide bonds. The maximum atomic E-state index is 14.7. The number of pyridine rings is 2. The van der Waals surface area contributed by atoms with Crippen molar-refractivity contribution in [1.29, 1.82) is 0 Å². The molecule has 1 aromatic carbocycles. The van der Waals surface area contributed by atoms with E-state index in [1.54, 1.807) is 5.32 Å². The molecule has 1 fully saturated rings. The molecular weight excluding hydrogens is 532 g/mol. The quantitative estimate of drug-likeness (QED) is 0.472. The van der Waals surface area contributed by atoms with Gasteiger partial charge in [-0.2, -0.15) is 26.3 Å². The Hall–Kier alpha value is -3.75. The van der Waals surface area contributed by atoms with Gasteiger partial charge in [-0.15, -0.1) is 0 Å². The minimum atomic E-state index is -4.92. The summed E-state index contributed by atoms with van der Waals surface area (Å²) >= 11 is 0. The average molecular weight is 550 g/mol. The molecule has 1 saturated heterocycles. The molecule has 0 aliphatic carbocycles. The lowest BCUT2D eigenvalue weighted by Crippen LogP contribution is -2.69. The molecule has 3 heterocycles. The van der Waals surface area contributed by atoms with E-state index in [-0.39, 0.29) is 16.9 Å². The van der Waals surface area contributed by atoms with Crippen LogP contribution in [0.5, 0.6) is 0 Å². The molecule has 2 aromatic heterocycles. The third kappa shape index (κ3) is 4.77. The number of anilines is 1. The first kappa shape index (κ1) is 27.3. The van der Waals surface area contributed by atoms with Crippen LogP contribution in [0.2, 0.25) is 0 Å². The van der Waals surface area contributed by atoms with Crippen LogP contribution in [0, 0.1) is 11.6 Å².